The van der Waals surface area contributed by atoms with Crippen LogP contribution in [0.15, 0.2) is 41.2 Å². The molecule has 2 N–H and O–H groups in total. The van der Waals surface area contributed by atoms with Gasteiger partial charge in [-0.3, -0.25) is 4.79 Å². The molecule has 1 aliphatic carbocycles. The summed E-state index contributed by atoms with van der Waals surface area (Å²) < 4.78 is 7.03. The molecule has 0 radical (unpaired) electrons. The molecule has 1 aromatic carbocycles. The molecule has 1 aromatic heterocycles. The molecule has 0 amide bonds. The van der Waals surface area contributed by atoms with E-state index in [2.05, 4.69) is 0 Å². The number of pyridine rings is 1. The van der Waals surface area contributed by atoms with Gasteiger partial charge in [0.1, 0.15) is 5.75 Å². The molecule has 4 heteroatoms. The van der Waals surface area contributed by atoms with Gasteiger partial charge in [0.2, 0.25) is 0 Å². The highest BCUT2D eigenvalue weighted by Crippen LogP contribution is 2.34. The van der Waals surface area contributed by atoms with E-state index < -0.39 is 6.04 Å². The summed E-state index contributed by atoms with van der Waals surface area (Å²) in [7, 11) is 1.63. The van der Waals surface area contributed by atoms with Gasteiger partial charge in [-0.15, -0.1) is 0 Å². The van der Waals surface area contributed by atoms with Gasteiger partial charge in [0.05, 0.1) is 13.2 Å². The maximum Gasteiger partial charge on any atom is 0.256 e. The largest absolute Gasteiger partial charge is 0.497 e. The fourth-order valence-corrected chi connectivity index (χ4v) is 2.68. The molecule has 1 aliphatic rings. The summed E-state index contributed by atoms with van der Waals surface area (Å²) in [6.07, 6.45) is 2.17. The summed E-state index contributed by atoms with van der Waals surface area (Å²) in [5, 5.41) is 0. The third kappa shape index (κ3) is 2.59. The van der Waals surface area contributed by atoms with Crippen molar-refractivity contribution in [1.82, 2.24) is 4.57 Å². The minimum absolute atomic E-state index is 0.0424. The van der Waals surface area contributed by atoms with Gasteiger partial charge >= 0.3 is 0 Å². The van der Waals surface area contributed by atoms with E-state index in [0.717, 1.165) is 29.8 Å². The third-order valence-corrected chi connectivity index (χ3v) is 4.07. The van der Waals surface area contributed by atoms with Gasteiger partial charge in [-0.05, 0) is 49.6 Å². The summed E-state index contributed by atoms with van der Waals surface area (Å²) in [5.41, 5.74) is 8.91. The van der Waals surface area contributed by atoms with E-state index >= 15 is 0 Å². The second-order valence-electron chi connectivity index (χ2n) is 5.59. The Labute approximate surface area is 124 Å². The van der Waals surface area contributed by atoms with Crippen molar-refractivity contribution in [2.75, 3.05) is 7.11 Å². The third-order valence-electron chi connectivity index (χ3n) is 4.07. The minimum Gasteiger partial charge on any atom is -0.497 e. The molecule has 0 spiro atoms. The van der Waals surface area contributed by atoms with Crippen molar-refractivity contribution in [3.05, 3.63) is 63.6 Å². The highest BCUT2D eigenvalue weighted by Gasteiger charge is 2.27. The molecule has 21 heavy (non-hydrogen) atoms. The van der Waals surface area contributed by atoms with Crippen LogP contribution in [0.2, 0.25) is 0 Å². The van der Waals surface area contributed by atoms with Crippen molar-refractivity contribution in [3.63, 3.8) is 0 Å². The van der Waals surface area contributed by atoms with Gasteiger partial charge in [-0.2, -0.15) is 0 Å². The first-order valence-electron chi connectivity index (χ1n) is 7.23. The molecule has 2 aromatic rings. The lowest BCUT2D eigenvalue weighted by Gasteiger charge is -2.16. The summed E-state index contributed by atoms with van der Waals surface area (Å²) in [5.74, 6) is 0.783. The molecule has 0 saturated heterocycles. The topological polar surface area (TPSA) is 57.2 Å². The first-order chi connectivity index (χ1) is 10.1. The van der Waals surface area contributed by atoms with E-state index in [1.54, 1.807) is 7.11 Å². The van der Waals surface area contributed by atoms with Crippen molar-refractivity contribution in [2.24, 2.45) is 5.73 Å². The molecule has 1 heterocycles. The number of methoxy groups -OCH3 is 1. The number of nitrogens with zero attached hydrogens (tertiary/aromatic N) is 1. The quantitative estimate of drug-likeness (QED) is 0.938. The zero-order chi connectivity index (χ0) is 15.0. The van der Waals surface area contributed by atoms with Gasteiger partial charge in [0, 0.05) is 17.3 Å². The molecule has 0 aliphatic heterocycles. The van der Waals surface area contributed by atoms with Crippen molar-refractivity contribution in [3.8, 4) is 5.75 Å². The number of rotatable bonds is 4. The number of hydrogen-bond acceptors (Lipinski definition) is 3. The fourth-order valence-electron chi connectivity index (χ4n) is 2.68. The molecule has 0 bridgehead atoms. The number of ether oxygens (including phenoxy) is 1. The molecular weight excluding hydrogens is 264 g/mol. The highest BCUT2D eigenvalue weighted by molar-refractivity contribution is 5.35. The Morgan fingerprint density at radius 2 is 1.86 bits per heavy atom. The van der Waals surface area contributed by atoms with E-state index in [4.69, 9.17) is 10.5 Å². The van der Waals surface area contributed by atoms with Crippen LogP contribution >= 0.6 is 0 Å². The average molecular weight is 284 g/mol. The van der Waals surface area contributed by atoms with Crippen molar-refractivity contribution in [2.45, 2.75) is 31.8 Å². The minimum atomic E-state index is -0.408. The lowest BCUT2D eigenvalue weighted by molar-refractivity contribution is 0.414. The summed E-state index contributed by atoms with van der Waals surface area (Å²) in [4.78, 5) is 12.7. The lowest BCUT2D eigenvalue weighted by Crippen LogP contribution is -2.29. The zero-order valence-corrected chi connectivity index (χ0v) is 12.4. The van der Waals surface area contributed by atoms with E-state index in [1.807, 2.05) is 47.9 Å². The van der Waals surface area contributed by atoms with Crippen LogP contribution in [0.3, 0.4) is 0 Å². The van der Waals surface area contributed by atoms with Gasteiger partial charge in [0.15, 0.2) is 0 Å². The first-order valence-corrected chi connectivity index (χ1v) is 7.23. The average Bonchev–Trinajstić information content (AvgIpc) is 3.32. The number of aryl methyl sites for hydroxylation is 1. The van der Waals surface area contributed by atoms with Crippen molar-refractivity contribution < 1.29 is 4.74 Å². The predicted octanol–water partition coefficient (Wildman–Crippen LogP) is 2.55. The molecule has 1 unspecified atom stereocenters. The Morgan fingerprint density at radius 1 is 1.19 bits per heavy atom. The summed E-state index contributed by atoms with van der Waals surface area (Å²) in [6, 6.07) is 11.3. The van der Waals surface area contributed by atoms with Crippen LogP contribution in [-0.2, 0) is 0 Å². The van der Waals surface area contributed by atoms with Crippen molar-refractivity contribution in [1.29, 1.82) is 0 Å². The van der Waals surface area contributed by atoms with Crippen LogP contribution in [0.25, 0.3) is 0 Å². The number of nitrogens with two attached hydrogens (primary N) is 1. The van der Waals surface area contributed by atoms with E-state index in [-0.39, 0.29) is 5.56 Å². The predicted molar refractivity (Wildman–Crippen MR) is 82.7 cm³/mol. The molecular formula is C17H20N2O2. The molecule has 1 fully saturated rings. The van der Waals surface area contributed by atoms with Crippen LogP contribution in [0.4, 0.5) is 0 Å². The summed E-state index contributed by atoms with van der Waals surface area (Å²) >= 11 is 0. The Hall–Kier alpha value is -2.07. The van der Waals surface area contributed by atoms with Crippen LogP contribution < -0.4 is 16.0 Å². The van der Waals surface area contributed by atoms with Gasteiger partial charge < -0.3 is 15.0 Å². The lowest BCUT2D eigenvalue weighted by atomic mass is 10.0. The zero-order valence-electron chi connectivity index (χ0n) is 12.4. The van der Waals surface area contributed by atoms with Gasteiger partial charge in [0.25, 0.3) is 5.56 Å². The second-order valence-corrected chi connectivity index (χ2v) is 5.59. The Kier molecular flexibility index (Phi) is 3.55. The Balaban J connectivity index is 1.99. The number of hydrogen-bond donors (Lipinski definition) is 1. The summed E-state index contributed by atoms with van der Waals surface area (Å²) in [6.45, 7) is 1.97. The number of benzene rings is 1. The maximum absolute atomic E-state index is 12.7. The first kappa shape index (κ1) is 13.9. The van der Waals surface area contributed by atoms with E-state index in [9.17, 15) is 4.79 Å². The maximum atomic E-state index is 12.7. The molecule has 1 saturated carbocycles. The van der Waals surface area contributed by atoms with E-state index in [0.29, 0.717) is 11.6 Å². The van der Waals surface area contributed by atoms with Crippen LogP contribution in [0.1, 0.15) is 41.7 Å². The standard InChI is InChI=1S/C17H20N2O2/c1-11-3-10-15(17(20)19(11)13-6-7-13)16(18)12-4-8-14(21-2)9-5-12/h3-5,8-10,13,16H,6-7,18H2,1-2H3. The van der Waals surface area contributed by atoms with Crippen LogP contribution in [0, 0.1) is 6.92 Å². The smallest absolute Gasteiger partial charge is 0.256 e. The van der Waals surface area contributed by atoms with Gasteiger partial charge in [-0.1, -0.05) is 12.1 Å². The highest BCUT2D eigenvalue weighted by atomic mass is 16.5. The molecule has 110 valence electrons. The van der Waals surface area contributed by atoms with Crippen LogP contribution in [-0.4, -0.2) is 11.7 Å². The Morgan fingerprint density at radius 3 is 2.43 bits per heavy atom. The monoisotopic (exact) mass is 284 g/mol. The molecule has 4 nitrogen and oxygen atoms in total. The van der Waals surface area contributed by atoms with Crippen molar-refractivity contribution >= 4 is 0 Å². The molecule has 1 atom stereocenters. The SMILES string of the molecule is COc1ccc(C(N)c2ccc(C)n(C3CC3)c2=O)cc1. The van der Waals surface area contributed by atoms with E-state index in [1.165, 1.54) is 0 Å². The fraction of sp³-hybridized carbons (Fsp3) is 0.353. The second kappa shape index (κ2) is 5.37. The molecule has 3 rings (SSSR count). The normalized spacial score (nSPS) is 15.8. The Bertz CT molecular complexity index is 700. The van der Waals surface area contributed by atoms with Crippen LogP contribution in [0.5, 0.6) is 5.75 Å². The van der Waals surface area contributed by atoms with Gasteiger partial charge in [-0.25, -0.2) is 0 Å². The number of aromatic nitrogens is 1.